The highest BCUT2D eigenvalue weighted by Crippen LogP contribution is 2.65. The molecular formula is C16H24O3. The molecule has 3 heteroatoms. The molecule has 3 nitrogen and oxygen atoms in total. The fourth-order valence-corrected chi connectivity index (χ4v) is 3.17. The maximum absolute atomic E-state index is 12.5. The maximum atomic E-state index is 12.5. The van der Waals surface area contributed by atoms with Gasteiger partial charge in [-0.3, -0.25) is 9.59 Å². The minimum absolute atomic E-state index is 0.0828. The smallest absolute Gasteiger partial charge is 0.316 e. The van der Waals surface area contributed by atoms with Crippen molar-refractivity contribution in [1.82, 2.24) is 0 Å². The van der Waals surface area contributed by atoms with Crippen LogP contribution in [0.15, 0.2) is 11.6 Å². The van der Waals surface area contributed by atoms with E-state index in [0.29, 0.717) is 5.57 Å². The monoisotopic (exact) mass is 264 g/mol. The molecule has 2 saturated carbocycles. The topological polar surface area (TPSA) is 43.4 Å². The lowest BCUT2D eigenvalue weighted by molar-refractivity contribution is -0.156. The number of hydrogen-bond donors (Lipinski definition) is 0. The van der Waals surface area contributed by atoms with Crippen molar-refractivity contribution in [1.29, 1.82) is 0 Å². The molecule has 0 saturated heterocycles. The molecular weight excluding hydrogens is 240 g/mol. The SMILES string of the molecule is C/C(C=O)=C\C1(C(=O)OC2CCCCC2)CC1(C)C. The molecule has 1 unspecified atom stereocenters. The zero-order valence-corrected chi connectivity index (χ0v) is 12.2. The molecule has 0 radical (unpaired) electrons. The zero-order valence-electron chi connectivity index (χ0n) is 12.2. The van der Waals surface area contributed by atoms with Crippen LogP contribution >= 0.6 is 0 Å². The predicted octanol–water partition coefficient (Wildman–Crippen LogP) is 3.42. The van der Waals surface area contributed by atoms with E-state index < -0.39 is 5.41 Å². The largest absolute Gasteiger partial charge is 0.462 e. The molecule has 0 spiro atoms. The average molecular weight is 264 g/mol. The lowest BCUT2D eigenvalue weighted by Gasteiger charge is -2.25. The Bertz CT molecular complexity index is 402. The minimum atomic E-state index is -0.574. The first-order chi connectivity index (χ1) is 8.91. The van der Waals surface area contributed by atoms with Crippen molar-refractivity contribution in [2.45, 2.75) is 65.4 Å². The molecule has 0 bridgehead atoms. The van der Waals surface area contributed by atoms with E-state index in [9.17, 15) is 9.59 Å². The summed E-state index contributed by atoms with van der Waals surface area (Å²) in [6.07, 6.45) is 8.99. The minimum Gasteiger partial charge on any atom is -0.462 e. The van der Waals surface area contributed by atoms with E-state index in [-0.39, 0.29) is 17.5 Å². The predicted molar refractivity (Wildman–Crippen MR) is 73.6 cm³/mol. The van der Waals surface area contributed by atoms with Crippen LogP contribution in [0.5, 0.6) is 0 Å². The number of carbonyl (C=O) groups excluding carboxylic acids is 2. The summed E-state index contributed by atoms with van der Waals surface area (Å²) in [4.78, 5) is 23.3. The summed E-state index contributed by atoms with van der Waals surface area (Å²) < 4.78 is 5.70. The summed E-state index contributed by atoms with van der Waals surface area (Å²) in [5, 5.41) is 0. The van der Waals surface area contributed by atoms with Crippen LogP contribution < -0.4 is 0 Å². The van der Waals surface area contributed by atoms with Crippen molar-refractivity contribution >= 4 is 12.3 Å². The van der Waals surface area contributed by atoms with E-state index in [1.807, 2.05) is 6.08 Å². The second kappa shape index (κ2) is 5.10. The third-order valence-electron chi connectivity index (χ3n) is 4.65. The normalized spacial score (nSPS) is 30.8. The summed E-state index contributed by atoms with van der Waals surface area (Å²) in [5.74, 6) is -0.134. The Morgan fingerprint density at radius 3 is 2.26 bits per heavy atom. The maximum Gasteiger partial charge on any atom is 0.316 e. The van der Waals surface area contributed by atoms with Crippen LogP contribution in [0, 0.1) is 10.8 Å². The second-order valence-electron chi connectivity index (χ2n) is 6.70. The van der Waals surface area contributed by atoms with E-state index in [1.54, 1.807) is 6.92 Å². The molecule has 0 aromatic carbocycles. The van der Waals surface area contributed by atoms with Crippen LogP contribution in [0.2, 0.25) is 0 Å². The van der Waals surface area contributed by atoms with Crippen molar-refractivity contribution in [2.75, 3.05) is 0 Å². The molecule has 2 aliphatic carbocycles. The Hall–Kier alpha value is -1.12. The van der Waals surface area contributed by atoms with Crippen LogP contribution in [0.25, 0.3) is 0 Å². The number of hydrogen-bond acceptors (Lipinski definition) is 3. The highest BCUT2D eigenvalue weighted by Gasteiger charge is 2.66. The molecule has 0 amide bonds. The van der Waals surface area contributed by atoms with Gasteiger partial charge < -0.3 is 4.74 Å². The van der Waals surface area contributed by atoms with Gasteiger partial charge >= 0.3 is 5.97 Å². The van der Waals surface area contributed by atoms with Gasteiger partial charge in [0.1, 0.15) is 12.4 Å². The van der Waals surface area contributed by atoms with E-state index in [4.69, 9.17) is 4.74 Å². The molecule has 0 N–H and O–H groups in total. The molecule has 2 fully saturated rings. The van der Waals surface area contributed by atoms with E-state index in [0.717, 1.165) is 38.4 Å². The number of aldehydes is 1. The molecule has 0 aromatic heterocycles. The second-order valence-corrected chi connectivity index (χ2v) is 6.70. The van der Waals surface area contributed by atoms with Gasteiger partial charge in [-0.15, -0.1) is 0 Å². The van der Waals surface area contributed by atoms with Crippen LogP contribution in [-0.2, 0) is 14.3 Å². The standard InChI is InChI=1S/C16H24O3/c1-12(10-17)9-16(11-15(16,2)3)14(18)19-13-7-5-4-6-8-13/h9-10,13H,4-8,11H2,1-3H3/b12-9+. The zero-order chi connectivity index (χ0) is 14.1. The van der Waals surface area contributed by atoms with Gasteiger partial charge in [-0.1, -0.05) is 26.3 Å². The van der Waals surface area contributed by atoms with Gasteiger partial charge in [0.15, 0.2) is 0 Å². The molecule has 0 aromatic rings. The van der Waals surface area contributed by atoms with Gasteiger partial charge in [-0.25, -0.2) is 0 Å². The van der Waals surface area contributed by atoms with Crippen molar-refractivity contribution in [2.24, 2.45) is 10.8 Å². The Morgan fingerprint density at radius 2 is 1.79 bits per heavy atom. The summed E-state index contributed by atoms with van der Waals surface area (Å²) in [6, 6.07) is 0. The lowest BCUT2D eigenvalue weighted by atomic mass is 9.93. The Labute approximate surface area is 115 Å². The van der Waals surface area contributed by atoms with Crippen LogP contribution in [0.1, 0.15) is 59.3 Å². The number of carbonyl (C=O) groups is 2. The highest BCUT2D eigenvalue weighted by atomic mass is 16.5. The van der Waals surface area contributed by atoms with Gasteiger partial charge in [0.2, 0.25) is 0 Å². The average Bonchev–Trinajstić information content (AvgIpc) is 2.93. The van der Waals surface area contributed by atoms with E-state index in [1.165, 1.54) is 6.42 Å². The van der Waals surface area contributed by atoms with Crippen molar-refractivity contribution in [3.63, 3.8) is 0 Å². The Morgan fingerprint density at radius 1 is 1.21 bits per heavy atom. The summed E-state index contributed by atoms with van der Waals surface area (Å²) in [5.41, 5.74) is -0.0514. The molecule has 0 aliphatic heterocycles. The lowest BCUT2D eigenvalue weighted by Crippen LogP contribution is -2.29. The van der Waals surface area contributed by atoms with Crippen LogP contribution in [0.4, 0.5) is 0 Å². The molecule has 106 valence electrons. The van der Waals surface area contributed by atoms with Gasteiger partial charge in [0.25, 0.3) is 0 Å². The number of esters is 1. The Kier molecular flexibility index (Phi) is 3.84. The molecule has 0 heterocycles. The van der Waals surface area contributed by atoms with Gasteiger partial charge in [-0.05, 0) is 50.0 Å². The Balaban J connectivity index is 2.08. The molecule has 19 heavy (non-hydrogen) atoms. The first-order valence-corrected chi connectivity index (χ1v) is 7.27. The summed E-state index contributed by atoms with van der Waals surface area (Å²) in [7, 11) is 0. The van der Waals surface area contributed by atoms with Gasteiger partial charge in [0.05, 0.1) is 5.41 Å². The van der Waals surface area contributed by atoms with Crippen LogP contribution in [-0.4, -0.2) is 18.4 Å². The third kappa shape index (κ3) is 2.75. The van der Waals surface area contributed by atoms with Crippen molar-refractivity contribution < 1.29 is 14.3 Å². The van der Waals surface area contributed by atoms with Gasteiger partial charge in [-0.2, -0.15) is 0 Å². The van der Waals surface area contributed by atoms with Gasteiger partial charge in [0, 0.05) is 0 Å². The number of rotatable bonds is 4. The van der Waals surface area contributed by atoms with Crippen LogP contribution in [0.3, 0.4) is 0 Å². The molecule has 2 aliphatic rings. The van der Waals surface area contributed by atoms with E-state index >= 15 is 0 Å². The fourth-order valence-electron chi connectivity index (χ4n) is 3.17. The first kappa shape index (κ1) is 14.3. The molecule has 1 atom stereocenters. The number of ether oxygens (including phenoxy) is 1. The first-order valence-electron chi connectivity index (χ1n) is 7.27. The quantitative estimate of drug-likeness (QED) is 0.444. The van der Waals surface area contributed by atoms with E-state index in [2.05, 4.69) is 13.8 Å². The summed E-state index contributed by atoms with van der Waals surface area (Å²) >= 11 is 0. The molecule has 2 rings (SSSR count). The third-order valence-corrected chi connectivity index (χ3v) is 4.65. The number of allylic oxidation sites excluding steroid dienone is 1. The fraction of sp³-hybridized carbons (Fsp3) is 0.750. The van der Waals surface area contributed by atoms with Crippen molar-refractivity contribution in [3.8, 4) is 0 Å². The highest BCUT2D eigenvalue weighted by molar-refractivity contribution is 5.86. The summed E-state index contributed by atoms with van der Waals surface area (Å²) in [6.45, 7) is 5.87. The van der Waals surface area contributed by atoms with Crippen molar-refractivity contribution in [3.05, 3.63) is 11.6 Å².